The van der Waals surface area contributed by atoms with Crippen LogP contribution >= 0.6 is 0 Å². The Labute approximate surface area is 103 Å². The van der Waals surface area contributed by atoms with Crippen LogP contribution in [0, 0.1) is 0 Å². The second kappa shape index (κ2) is 4.94. The summed E-state index contributed by atoms with van der Waals surface area (Å²) in [5.41, 5.74) is -0.0940. The van der Waals surface area contributed by atoms with E-state index in [4.69, 9.17) is 0 Å². The third kappa shape index (κ3) is 2.08. The van der Waals surface area contributed by atoms with Crippen molar-refractivity contribution in [1.82, 2.24) is 29.7 Å². The summed E-state index contributed by atoms with van der Waals surface area (Å²) in [7, 11) is 1.48. The zero-order valence-corrected chi connectivity index (χ0v) is 10.3. The maximum Gasteiger partial charge on any atom is 0.352 e. The number of aromatic nitrogens is 5. The number of hydrogen-bond acceptors (Lipinski definition) is 5. The van der Waals surface area contributed by atoms with Crippen molar-refractivity contribution in [3.05, 3.63) is 22.5 Å². The summed E-state index contributed by atoms with van der Waals surface area (Å²) in [5.74, 6) is -0.339. The van der Waals surface area contributed by atoms with Crippen LogP contribution in [0.5, 0.6) is 0 Å². The fraction of sp³-hybridized carbons (Fsp3) is 0.500. The van der Waals surface area contributed by atoms with Gasteiger partial charge in [-0.2, -0.15) is 4.68 Å². The van der Waals surface area contributed by atoms with Crippen molar-refractivity contribution in [3.63, 3.8) is 0 Å². The topological polar surface area (TPSA) is 94.2 Å². The molecule has 2 aromatic heterocycles. The summed E-state index contributed by atoms with van der Waals surface area (Å²) in [6.45, 7) is 2.61. The zero-order chi connectivity index (χ0) is 13.1. The molecular formula is C10H14N6O2. The van der Waals surface area contributed by atoms with E-state index in [1.807, 2.05) is 6.92 Å². The Balaban J connectivity index is 2.32. The zero-order valence-electron chi connectivity index (χ0n) is 10.3. The Bertz CT molecular complexity index is 629. The first-order valence-electron chi connectivity index (χ1n) is 5.70. The fourth-order valence-electron chi connectivity index (χ4n) is 1.50. The van der Waals surface area contributed by atoms with Gasteiger partial charge in [-0.15, -0.1) is 5.10 Å². The molecule has 0 aromatic carbocycles. The van der Waals surface area contributed by atoms with E-state index in [9.17, 15) is 9.59 Å². The number of nitrogens with zero attached hydrogens (tertiary/aromatic N) is 5. The third-order valence-electron chi connectivity index (χ3n) is 2.53. The van der Waals surface area contributed by atoms with Gasteiger partial charge in [0.25, 0.3) is 5.91 Å². The van der Waals surface area contributed by atoms with Crippen LogP contribution in [0.1, 0.15) is 30.3 Å². The molecule has 1 N–H and O–H groups in total. The molecule has 96 valence electrons. The molecule has 8 heteroatoms. The van der Waals surface area contributed by atoms with Gasteiger partial charge in [-0.3, -0.25) is 4.79 Å². The van der Waals surface area contributed by atoms with E-state index in [2.05, 4.69) is 20.6 Å². The molecule has 1 amide bonds. The lowest BCUT2D eigenvalue weighted by Crippen LogP contribution is -2.29. The Morgan fingerprint density at radius 1 is 1.50 bits per heavy atom. The van der Waals surface area contributed by atoms with Crippen molar-refractivity contribution >= 4 is 11.6 Å². The number of rotatable bonds is 4. The lowest BCUT2D eigenvalue weighted by molar-refractivity contribution is 0.0950. The van der Waals surface area contributed by atoms with E-state index >= 15 is 0 Å². The minimum atomic E-state index is -0.389. The van der Waals surface area contributed by atoms with E-state index in [0.29, 0.717) is 6.54 Å². The maximum atomic E-state index is 11.8. The minimum Gasteiger partial charge on any atom is -0.351 e. The molecule has 2 rings (SSSR count). The monoisotopic (exact) mass is 250 g/mol. The van der Waals surface area contributed by atoms with E-state index in [0.717, 1.165) is 17.5 Å². The Morgan fingerprint density at radius 3 is 3.00 bits per heavy atom. The summed E-state index contributed by atoms with van der Waals surface area (Å²) in [6.07, 6.45) is 3.16. The van der Waals surface area contributed by atoms with Gasteiger partial charge in [-0.1, -0.05) is 18.6 Å². The van der Waals surface area contributed by atoms with Gasteiger partial charge in [0.2, 0.25) is 0 Å². The van der Waals surface area contributed by atoms with E-state index in [1.165, 1.54) is 17.8 Å². The smallest absolute Gasteiger partial charge is 0.351 e. The fourth-order valence-corrected chi connectivity index (χ4v) is 1.50. The van der Waals surface area contributed by atoms with Crippen molar-refractivity contribution in [2.24, 2.45) is 7.05 Å². The number of aryl methyl sites for hydroxylation is 1. The average molecular weight is 250 g/mol. The van der Waals surface area contributed by atoms with Crippen LogP contribution in [0.4, 0.5) is 0 Å². The highest BCUT2D eigenvalue weighted by Crippen LogP contribution is 2.02. The van der Waals surface area contributed by atoms with Gasteiger partial charge in [-0.05, 0) is 6.42 Å². The highest BCUT2D eigenvalue weighted by Gasteiger charge is 2.16. The molecule has 8 nitrogen and oxygen atoms in total. The molecular weight excluding hydrogens is 236 g/mol. The SMILES string of the molecule is CCCCNC(=O)c1ncn2c(=O)n(C)nnc12. The molecule has 0 spiro atoms. The van der Waals surface area contributed by atoms with Crippen LogP contribution in [0.3, 0.4) is 0 Å². The van der Waals surface area contributed by atoms with Gasteiger partial charge >= 0.3 is 5.69 Å². The third-order valence-corrected chi connectivity index (χ3v) is 2.53. The number of unbranched alkanes of at least 4 members (excludes halogenated alkanes) is 1. The second-order valence-electron chi connectivity index (χ2n) is 3.89. The van der Waals surface area contributed by atoms with Gasteiger partial charge in [0.1, 0.15) is 6.33 Å². The second-order valence-corrected chi connectivity index (χ2v) is 3.89. The van der Waals surface area contributed by atoms with Gasteiger partial charge in [-0.25, -0.2) is 14.2 Å². The summed E-state index contributed by atoms with van der Waals surface area (Å²) in [6, 6.07) is 0. The van der Waals surface area contributed by atoms with E-state index < -0.39 is 0 Å². The normalized spacial score (nSPS) is 10.8. The molecule has 0 saturated heterocycles. The van der Waals surface area contributed by atoms with Crippen molar-refractivity contribution in [2.75, 3.05) is 6.54 Å². The largest absolute Gasteiger partial charge is 0.352 e. The number of imidazole rings is 1. The van der Waals surface area contributed by atoms with Crippen LogP contribution in [0.25, 0.3) is 5.65 Å². The number of amides is 1. The van der Waals surface area contributed by atoms with Crippen LogP contribution in [-0.2, 0) is 7.05 Å². The molecule has 2 heterocycles. The summed E-state index contributed by atoms with van der Waals surface area (Å²) < 4.78 is 2.27. The average Bonchev–Trinajstić information content (AvgIpc) is 2.78. The predicted octanol–water partition coefficient (Wildman–Crippen LogP) is -0.647. The summed E-state index contributed by atoms with van der Waals surface area (Å²) in [5, 5.41) is 10.2. The number of carbonyl (C=O) groups excluding carboxylic acids is 1. The quantitative estimate of drug-likeness (QED) is 0.728. The van der Waals surface area contributed by atoms with Crippen molar-refractivity contribution in [2.45, 2.75) is 19.8 Å². The summed E-state index contributed by atoms with van der Waals surface area (Å²) >= 11 is 0. The molecule has 0 unspecified atom stereocenters. The highest BCUT2D eigenvalue weighted by molar-refractivity contribution is 5.97. The van der Waals surface area contributed by atoms with Crippen molar-refractivity contribution < 1.29 is 4.79 Å². The first-order chi connectivity index (χ1) is 8.65. The Kier molecular flexibility index (Phi) is 3.35. The number of nitrogens with one attached hydrogen (secondary N) is 1. The molecule has 0 aliphatic rings. The molecule has 0 radical (unpaired) electrons. The highest BCUT2D eigenvalue weighted by atomic mass is 16.2. The number of carbonyl (C=O) groups is 1. The molecule has 0 saturated carbocycles. The van der Waals surface area contributed by atoms with Crippen LogP contribution in [0.2, 0.25) is 0 Å². The van der Waals surface area contributed by atoms with Crippen LogP contribution < -0.4 is 11.0 Å². The van der Waals surface area contributed by atoms with Gasteiger partial charge in [0.05, 0.1) is 0 Å². The molecule has 0 bridgehead atoms. The molecule has 0 aliphatic heterocycles. The standard InChI is InChI=1S/C10H14N6O2/c1-3-4-5-11-9(17)7-8-13-14-15(2)10(18)16(8)6-12-7/h6H,3-5H2,1-2H3,(H,11,17). The lowest BCUT2D eigenvalue weighted by Gasteiger charge is -2.01. The molecule has 0 aliphatic carbocycles. The Morgan fingerprint density at radius 2 is 2.28 bits per heavy atom. The van der Waals surface area contributed by atoms with Gasteiger partial charge in [0.15, 0.2) is 11.3 Å². The van der Waals surface area contributed by atoms with Gasteiger partial charge < -0.3 is 5.32 Å². The number of fused-ring (bicyclic) bond motifs is 1. The minimum absolute atomic E-state index is 0.122. The Hall–Kier alpha value is -2.25. The molecule has 0 fully saturated rings. The molecule has 18 heavy (non-hydrogen) atoms. The van der Waals surface area contributed by atoms with E-state index in [1.54, 1.807) is 0 Å². The van der Waals surface area contributed by atoms with Crippen LogP contribution in [0.15, 0.2) is 11.1 Å². The van der Waals surface area contributed by atoms with Crippen molar-refractivity contribution in [3.8, 4) is 0 Å². The number of hydrogen-bond donors (Lipinski definition) is 1. The molecule has 0 atom stereocenters. The van der Waals surface area contributed by atoms with Gasteiger partial charge in [0, 0.05) is 13.6 Å². The van der Waals surface area contributed by atoms with Crippen molar-refractivity contribution in [1.29, 1.82) is 0 Å². The lowest BCUT2D eigenvalue weighted by atomic mass is 10.3. The first kappa shape index (κ1) is 12.2. The maximum absolute atomic E-state index is 11.8. The molecule has 2 aromatic rings. The summed E-state index contributed by atoms with van der Waals surface area (Å²) in [4.78, 5) is 27.4. The predicted molar refractivity (Wildman–Crippen MR) is 63.3 cm³/mol. The van der Waals surface area contributed by atoms with Crippen LogP contribution in [-0.4, -0.2) is 36.8 Å². The first-order valence-corrected chi connectivity index (χ1v) is 5.70. The van der Waals surface area contributed by atoms with E-state index in [-0.39, 0.29) is 22.9 Å².